The van der Waals surface area contributed by atoms with Crippen molar-refractivity contribution < 1.29 is 8.42 Å². The first kappa shape index (κ1) is 18.1. The van der Waals surface area contributed by atoms with E-state index < -0.39 is 10.0 Å². The summed E-state index contributed by atoms with van der Waals surface area (Å²) in [5, 5.41) is 3.25. The number of nitrogens with one attached hydrogen (secondary N) is 2. The zero-order valence-electron chi connectivity index (χ0n) is 13.7. The quantitative estimate of drug-likeness (QED) is 0.776. The number of hydrogen-bond acceptors (Lipinski definition) is 3. The molecule has 1 aromatic carbocycles. The Labute approximate surface area is 129 Å². The smallest absolute Gasteiger partial charge is 0.240 e. The van der Waals surface area contributed by atoms with Crippen LogP contribution in [-0.4, -0.2) is 28.1 Å². The van der Waals surface area contributed by atoms with E-state index in [2.05, 4.69) is 30.8 Å². The molecule has 0 saturated carbocycles. The Morgan fingerprint density at radius 2 is 1.76 bits per heavy atom. The van der Waals surface area contributed by atoms with Crippen molar-refractivity contribution in [1.82, 2.24) is 10.0 Å². The van der Waals surface area contributed by atoms with Crippen molar-refractivity contribution >= 4 is 10.0 Å². The molecule has 1 rings (SSSR count). The van der Waals surface area contributed by atoms with Crippen molar-refractivity contribution in [2.75, 3.05) is 13.6 Å². The number of sulfonamides is 1. The van der Waals surface area contributed by atoms with E-state index in [-0.39, 0.29) is 12.0 Å². The zero-order valence-corrected chi connectivity index (χ0v) is 14.5. The van der Waals surface area contributed by atoms with Crippen LogP contribution in [0.3, 0.4) is 0 Å². The molecule has 2 N–H and O–H groups in total. The zero-order chi connectivity index (χ0) is 16.0. The minimum absolute atomic E-state index is 0.143. The van der Waals surface area contributed by atoms with Gasteiger partial charge in [-0.1, -0.05) is 39.0 Å². The molecule has 0 bridgehead atoms. The third-order valence-corrected chi connectivity index (χ3v) is 5.36. The van der Waals surface area contributed by atoms with E-state index in [9.17, 15) is 8.42 Å². The molecule has 0 aliphatic carbocycles. The Morgan fingerprint density at radius 1 is 1.14 bits per heavy atom. The topological polar surface area (TPSA) is 58.2 Å². The predicted octanol–water partition coefficient (Wildman–Crippen LogP) is 2.72. The van der Waals surface area contributed by atoms with Crippen molar-refractivity contribution in [3.05, 3.63) is 29.8 Å². The number of hydrogen-bond donors (Lipinski definition) is 2. The van der Waals surface area contributed by atoms with E-state index in [1.54, 1.807) is 12.1 Å². The fourth-order valence-corrected chi connectivity index (χ4v) is 4.10. The summed E-state index contributed by atoms with van der Waals surface area (Å²) in [6, 6.07) is 7.52. The highest BCUT2D eigenvalue weighted by Gasteiger charge is 2.28. The van der Waals surface area contributed by atoms with Gasteiger partial charge < -0.3 is 5.32 Å². The molecule has 0 aliphatic heterocycles. The molecule has 0 aromatic heterocycles. The largest absolute Gasteiger partial charge is 0.317 e. The lowest BCUT2D eigenvalue weighted by molar-refractivity contribution is 0.390. The number of rotatable bonds is 8. The van der Waals surface area contributed by atoms with Gasteiger partial charge in [0.2, 0.25) is 10.0 Å². The lowest BCUT2D eigenvalue weighted by atomic mass is 9.83. The van der Waals surface area contributed by atoms with Crippen molar-refractivity contribution in [3.63, 3.8) is 0 Å². The maximum atomic E-state index is 12.5. The molecule has 2 atom stereocenters. The maximum absolute atomic E-state index is 12.5. The van der Waals surface area contributed by atoms with Crippen LogP contribution in [0, 0.1) is 5.92 Å². The Kier molecular flexibility index (Phi) is 6.84. The minimum Gasteiger partial charge on any atom is -0.317 e. The SMILES string of the molecule is CCCNS(=O)(=O)c1ccccc1C(C(C)C)C(C)NC. The van der Waals surface area contributed by atoms with Gasteiger partial charge in [-0.15, -0.1) is 0 Å². The van der Waals surface area contributed by atoms with E-state index in [1.165, 1.54) is 0 Å². The van der Waals surface area contributed by atoms with E-state index in [1.807, 2.05) is 26.1 Å². The minimum atomic E-state index is -3.45. The average molecular weight is 312 g/mol. The van der Waals surface area contributed by atoms with E-state index in [4.69, 9.17) is 0 Å². The predicted molar refractivity (Wildman–Crippen MR) is 88.0 cm³/mol. The molecule has 0 radical (unpaired) electrons. The summed E-state index contributed by atoms with van der Waals surface area (Å²) in [4.78, 5) is 0.402. The number of benzene rings is 1. The molecule has 5 heteroatoms. The lowest BCUT2D eigenvalue weighted by Crippen LogP contribution is -2.34. The Bertz CT molecular complexity index is 541. The van der Waals surface area contributed by atoms with Crippen LogP contribution in [0.5, 0.6) is 0 Å². The van der Waals surface area contributed by atoms with Gasteiger partial charge in [0.15, 0.2) is 0 Å². The molecule has 0 aliphatic rings. The first-order valence-electron chi connectivity index (χ1n) is 7.61. The molecular weight excluding hydrogens is 284 g/mol. The molecule has 2 unspecified atom stereocenters. The monoisotopic (exact) mass is 312 g/mol. The molecule has 0 heterocycles. The summed E-state index contributed by atoms with van der Waals surface area (Å²) in [7, 11) is -1.54. The van der Waals surface area contributed by atoms with Gasteiger partial charge in [-0.2, -0.15) is 0 Å². The van der Waals surface area contributed by atoms with E-state index >= 15 is 0 Å². The maximum Gasteiger partial charge on any atom is 0.240 e. The van der Waals surface area contributed by atoms with Gasteiger partial charge in [-0.05, 0) is 37.9 Å². The van der Waals surface area contributed by atoms with Gasteiger partial charge >= 0.3 is 0 Å². The van der Waals surface area contributed by atoms with Gasteiger partial charge in [-0.3, -0.25) is 0 Å². The Balaban J connectivity index is 3.31. The lowest BCUT2D eigenvalue weighted by Gasteiger charge is -2.29. The molecule has 21 heavy (non-hydrogen) atoms. The molecule has 0 fully saturated rings. The molecular formula is C16H28N2O2S. The van der Waals surface area contributed by atoms with Gasteiger partial charge in [0, 0.05) is 18.5 Å². The first-order valence-corrected chi connectivity index (χ1v) is 9.09. The first-order chi connectivity index (χ1) is 9.85. The van der Waals surface area contributed by atoms with Crippen LogP contribution in [0.2, 0.25) is 0 Å². The van der Waals surface area contributed by atoms with E-state index in [0.29, 0.717) is 17.4 Å². The molecule has 120 valence electrons. The summed E-state index contributed by atoms with van der Waals surface area (Å²) in [6.07, 6.45) is 0.780. The second kappa shape index (κ2) is 7.92. The summed E-state index contributed by atoms with van der Waals surface area (Å²) in [5.74, 6) is 0.486. The van der Waals surface area contributed by atoms with Crippen LogP contribution in [0.4, 0.5) is 0 Å². The van der Waals surface area contributed by atoms with Crippen LogP contribution in [0.25, 0.3) is 0 Å². The van der Waals surface area contributed by atoms with Gasteiger partial charge in [0.05, 0.1) is 4.90 Å². The van der Waals surface area contributed by atoms with Crippen LogP contribution in [0.15, 0.2) is 29.2 Å². The van der Waals surface area contributed by atoms with E-state index in [0.717, 1.165) is 12.0 Å². The van der Waals surface area contributed by atoms with Gasteiger partial charge in [-0.25, -0.2) is 13.1 Å². The van der Waals surface area contributed by atoms with Crippen molar-refractivity contribution in [1.29, 1.82) is 0 Å². The molecule has 4 nitrogen and oxygen atoms in total. The Hall–Kier alpha value is -0.910. The summed E-state index contributed by atoms with van der Waals surface area (Å²) >= 11 is 0. The second-order valence-corrected chi connectivity index (χ2v) is 7.52. The highest BCUT2D eigenvalue weighted by Crippen LogP contribution is 2.32. The van der Waals surface area contributed by atoms with Crippen molar-refractivity contribution in [2.24, 2.45) is 5.92 Å². The summed E-state index contributed by atoms with van der Waals surface area (Å²) in [6.45, 7) is 8.76. The molecule has 0 amide bonds. The average Bonchev–Trinajstić information content (AvgIpc) is 2.45. The third kappa shape index (κ3) is 4.53. The highest BCUT2D eigenvalue weighted by molar-refractivity contribution is 7.89. The standard InChI is InChI=1S/C16H28N2O2S/c1-6-11-18-21(19,20)15-10-8-7-9-14(15)16(12(2)3)13(4)17-5/h7-10,12-13,16-18H,6,11H2,1-5H3. The van der Waals surface area contributed by atoms with Gasteiger partial charge in [0.1, 0.15) is 0 Å². The van der Waals surface area contributed by atoms with Crippen molar-refractivity contribution in [2.45, 2.75) is 51.0 Å². The molecule has 0 spiro atoms. The number of likely N-dealkylation sites (N-methyl/N-ethyl adjacent to an activating group) is 1. The van der Waals surface area contributed by atoms with Crippen LogP contribution in [0.1, 0.15) is 45.6 Å². The van der Waals surface area contributed by atoms with Crippen LogP contribution < -0.4 is 10.0 Å². The fraction of sp³-hybridized carbons (Fsp3) is 0.625. The van der Waals surface area contributed by atoms with Gasteiger partial charge in [0.25, 0.3) is 0 Å². The summed E-state index contributed by atoms with van der Waals surface area (Å²) in [5.41, 5.74) is 0.887. The van der Waals surface area contributed by atoms with Crippen LogP contribution >= 0.6 is 0 Å². The second-order valence-electron chi connectivity index (χ2n) is 5.78. The third-order valence-electron chi connectivity index (χ3n) is 3.82. The Morgan fingerprint density at radius 3 is 2.29 bits per heavy atom. The fourth-order valence-electron chi connectivity index (χ4n) is 2.70. The van der Waals surface area contributed by atoms with Crippen LogP contribution in [-0.2, 0) is 10.0 Å². The normalized spacial score (nSPS) is 15.1. The summed E-state index contributed by atoms with van der Waals surface area (Å²) < 4.78 is 27.7. The van der Waals surface area contributed by atoms with Crippen molar-refractivity contribution in [3.8, 4) is 0 Å². The highest BCUT2D eigenvalue weighted by atomic mass is 32.2. The molecule has 0 saturated heterocycles. The molecule has 1 aromatic rings.